The Kier molecular flexibility index (Phi) is 6.74. The summed E-state index contributed by atoms with van der Waals surface area (Å²) in [5, 5.41) is 14.4. The number of benzene rings is 2. The van der Waals surface area contributed by atoms with Crippen molar-refractivity contribution in [2.45, 2.75) is 33.7 Å². The first-order valence-electron chi connectivity index (χ1n) is 11.2. The van der Waals surface area contributed by atoms with Gasteiger partial charge in [0.25, 0.3) is 0 Å². The van der Waals surface area contributed by atoms with Crippen molar-refractivity contribution in [3.8, 4) is 6.07 Å². The number of nitrogens with one attached hydrogen (secondary N) is 1. The van der Waals surface area contributed by atoms with Gasteiger partial charge in [-0.05, 0) is 49.1 Å². The van der Waals surface area contributed by atoms with E-state index in [0.29, 0.717) is 5.92 Å². The van der Waals surface area contributed by atoms with E-state index in [-0.39, 0.29) is 0 Å². The third-order valence-corrected chi connectivity index (χ3v) is 6.77. The van der Waals surface area contributed by atoms with E-state index in [1.165, 1.54) is 15.3 Å². The third kappa shape index (κ3) is 5.00. The largest absolute Gasteiger partial charge is 0.385 e. The van der Waals surface area contributed by atoms with Crippen molar-refractivity contribution in [3.05, 3.63) is 52.5 Å². The molecule has 1 N–H and O–H groups in total. The summed E-state index contributed by atoms with van der Waals surface area (Å²) in [4.78, 5) is 9.65. The number of para-hydroxylation sites is 1. The molecule has 0 amide bonds. The van der Waals surface area contributed by atoms with Crippen molar-refractivity contribution in [2.75, 3.05) is 42.9 Å². The van der Waals surface area contributed by atoms with Crippen LogP contribution in [0.4, 0.5) is 11.4 Å². The monoisotopic (exact) mass is 433 g/mol. The minimum absolute atomic E-state index is 0.573. The molecule has 0 saturated carbocycles. The zero-order chi connectivity index (χ0) is 21.8. The van der Waals surface area contributed by atoms with Crippen molar-refractivity contribution < 1.29 is 0 Å². The molecule has 3 aromatic rings. The Morgan fingerprint density at radius 1 is 1.16 bits per heavy atom. The number of hydrogen-bond acceptors (Lipinski definition) is 6. The first kappa shape index (κ1) is 21.6. The average molecular weight is 434 g/mol. The first-order chi connectivity index (χ1) is 15.1. The van der Waals surface area contributed by atoms with Crippen molar-refractivity contribution in [1.82, 2.24) is 9.88 Å². The van der Waals surface area contributed by atoms with Crippen LogP contribution in [0.1, 0.15) is 36.9 Å². The lowest BCUT2D eigenvalue weighted by molar-refractivity contribution is 0.249. The smallest absolute Gasteiger partial charge is 0.108 e. The molecule has 4 rings (SSSR count). The van der Waals surface area contributed by atoms with Crippen LogP contribution < -0.4 is 10.2 Å². The topological polar surface area (TPSA) is 55.2 Å². The molecule has 0 unspecified atom stereocenters. The zero-order valence-electron chi connectivity index (χ0n) is 18.7. The Hall–Kier alpha value is -2.62. The number of fused-ring (bicyclic) bond motifs is 1. The summed E-state index contributed by atoms with van der Waals surface area (Å²) in [7, 11) is 0. The van der Waals surface area contributed by atoms with Crippen LogP contribution in [0.2, 0.25) is 0 Å². The maximum atomic E-state index is 9.81. The Morgan fingerprint density at radius 2 is 1.94 bits per heavy atom. The quantitative estimate of drug-likeness (QED) is 0.560. The Labute approximate surface area is 189 Å². The van der Waals surface area contributed by atoms with Crippen LogP contribution in [0, 0.1) is 17.2 Å². The minimum atomic E-state index is 0.573. The number of nitrogens with zero attached hydrogens (tertiary/aromatic N) is 4. The van der Waals surface area contributed by atoms with Gasteiger partial charge in [-0.3, -0.25) is 4.90 Å². The lowest BCUT2D eigenvalue weighted by atomic mass is 9.97. The molecule has 1 aliphatic heterocycles. The Morgan fingerprint density at radius 3 is 2.61 bits per heavy atom. The SMILES string of the molecule is CCNc1cc(C#N)c(N2CCN(Cc3nc4ccccc4s3)CC2)cc1CC(C)C. The van der Waals surface area contributed by atoms with Crippen molar-refractivity contribution in [3.63, 3.8) is 0 Å². The van der Waals surface area contributed by atoms with Crippen molar-refractivity contribution in [2.24, 2.45) is 5.92 Å². The highest BCUT2D eigenvalue weighted by atomic mass is 32.1. The molecular weight excluding hydrogens is 402 g/mol. The second-order valence-electron chi connectivity index (χ2n) is 8.61. The Balaban J connectivity index is 1.47. The molecule has 0 spiro atoms. The summed E-state index contributed by atoms with van der Waals surface area (Å²) < 4.78 is 1.26. The summed E-state index contributed by atoms with van der Waals surface area (Å²) in [6.07, 6.45) is 1.01. The number of rotatable bonds is 7. The van der Waals surface area contributed by atoms with Crippen LogP contribution in [0.25, 0.3) is 10.2 Å². The highest BCUT2D eigenvalue weighted by Crippen LogP contribution is 2.31. The molecule has 5 nitrogen and oxygen atoms in total. The van der Waals surface area contributed by atoms with E-state index in [0.717, 1.165) is 68.1 Å². The molecule has 6 heteroatoms. The van der Waals surface area contributed by atoms with Crippen LogP contribution in [-0.2, 0) is 13.0 Å². The molecule has 0 radical (unpaired) electrons. The molecule has 31 heavy (non-hydrogen) atoms. The molecule has 2 heterocycles. The lowest BCUT2D eigenvalue weighted by Crippen LogP contribution is -2.46. The van der Waals surface area contributed by atoms with E-state index in [4.69, 9.17) is 4.98 Å². The Bertz CT molecular complexity index is 1040. The predicted molar refractivity (Wildman–Crippen MR) is 131 cm³/mol. The van der Waals surface area contributed by atoms with E-state index in [9.17, 15) is 5.26 Å². The van der Waals surface area contributed by atoms with E-state index in [1.54, 1.807) is 11.3 Å². The van der Waals surface area contributed by atoms with Gasteiger partial charge in [-0.2, -0.15) is 5.26 Å². The van der Waals surface area contributed by atoms with Gasteiger partial charge in [0.1, 0.15) is 11.1 Å². The van der Waals surface area contributed by atoms with Crippen molar-refractivity contribution >= 4 is 32.9 Å². The average Bonchev–Trinajstić information content (AvgIpc) is 3.17. The number of piperazine rings is 1. The lowest BCUT2D eigenvalue weighted by Gasteiger charge is -2.36. The fraction of sp³-hybridized carbons (Fsp3) is 0.440. The molecule has 0 bridgehead atoms. The van der Waals surface area contributed by atoms with Crippen LogP contribution in [0.3, 0.4) is 0 Å². The van der Waals surface area contributed by atoms with Gasteiger partial charge < -0.3 is 10.2 Å². The number of hydrogen-bond donors (Lipinski definition) is 1. The number of nitriles is 1. The number of anilines is 2. The van der Waals surface area contributed by atoms with E-state index >= 15 is 0 Å². The fourth-order valence-corrected chi connectivity index (χ4v) is 5.28. The molecule has 1 aromatic heterocycles. The second kappa shape index (κ2) is 9.67. The van der Waals surface area contributed by atoms with Gasteiger partial charge >= 0.3 is 0 Å². The van der Waals surface area contributed by atoms with Crippen LogP contribution in [0.15, 0.2) is 36.4 Å². The van der Waals surface area contributed by atoms with E-state index < -0.39 is 0 Å². The maximum Gasteiger partial charge on any atom is 0.108 e. The second-order valence-corrected chi connectivity index (χ2v) is 9.72. The molecule has 1 aliphatic rings. The number of thiazole rings is 1. The standard InChI is InChI=1S/C25H31N5S/c1-4-27-22-14-20(16-26)23(15-19(22)13-18(2)3)30-11-9-29(10-12-30)17-25-28-21-7-5-6-8-24(21)31-25/h5-8,14-15,18,27H,4,9-13,17H2,1-3H3. The molecule has 1 saturated heterocycles. The zero-order valence-corrected chi connectivity index (χ0v) is 19.5. The number of aromatic nitrogens is 1. The molecular formula is C25H31N5S. The first-order valence-corrected chi connectivity index (χ1v) is 12.0. The van der Waals surface area contributed by atoms with E-state index in [1.807, 2.05) is 12.1 Å². The van der Waals surface area contributed by atoms with Crippen LogP contribution in [-0.4, -0.2) is 42.6 Å². The highest BCUT2D eigenvalue weighted by Gasteiger charge is 2.22. The van der Waals surface area contributed by atoms with Gasteiger partial charge in [0.15, 0.2) is 0 Å². The van der Waals surface area contributed by atoms with Gasteiger partial charge in [-0.15, -0.1) is 11.3 Å². The molecule has 2 aromatic carbocycles. The summed E-state index contributed by atoms with van der Waals surface area (Å²) in [6.45, 7) is 12.2. The molecule has 162 valence electrons. The molecule has 0 aliphatic carbocycles. The molecule has 0 atom stereocenters. The van der Waals surface area contributed by atoms with Gasteiger partial charge in [0.05, 0.1) is 28.0 Å². The van der Waals surface area contributed by atoms with Gasteiger partial charge in [0, 0.05) is 38.4 Å². The normalized spacial score (nSPS) is 14.9. The third-order valence-electron chi connectivity index (χ3n) is 5.75. The fourth-order valence-electron chi connectivity index (χ4n) is 4.27. The van der Waals surface area contributed by atoms with Crippen LogP contribution >= 0.6 is 11.3 Å². The summed E-state index contributed by atoms with van der Waals surface area (Å²) in [6, 6.07) is 15.1. The predicted octanol–water partition coefficient (Wildman–Crippen LogP) is 5.12. The summed E-state index contributed by atoms with van der Waals surface area (Å²) in [5.41, 5.74) is 5.36. The van der Waals surface area contributed by atoms with E-state index in [2.05, 4.69) is 66.2 Å². The van der Waals surface area contributed by atoms with Crippen molar-refractivity contribution in [1.29, 1.82) is 5.26 Å². The van der Waals surface area contributed by atoms with Crippen LogP contribution in [0.5, 0.6) is 0 Å². The summed E-state index contributed by atoms with van der Waals surface area (Å²) >= 11 is 1.79. The highest BCUT2D eigenvalue weighted by molar-refractivity contribution is 7.18. The maximum absolute atomic E-state index is 9.81. The van der Waals surface area contributed by atoms with Gasteiger partial charge in [-0.25, -0.2) is 4.98 Å². The minimum Gasteiger partial charge on any atom is -0.385 e. The summed E-state index contributed by atoms with van der Waals surface area (Å²) in [5.74, 6) is 0.573. The molecule has 1 fully saturated rings. The van der Waals surface area contributed by atoms with Gasteiger partial charge in [0.2, 0.25) is 0 Å². The van der Waals surface area contributed by atoms with Gasteiger partial charge in [-0.1, -0.05) is 26.0 Å².